The van der Waals surface area contributed by atoms with Crippen molar-refractivity contribution >= 4 is 5.97 Å². The highest BCUT2D eigenvalue weighted by molar-refractivity contribution is 5.69. The summed E-state index contributed by atoms with van der Waals surface area (Å²) in [5.41, 5.74) is 1.21. The van der Waals surface area contributed by atoms with Crippen molar-refractivity contribution in [3.05, 3.63) is 23.8 Å². The molecule has 0 atom stereocenters. The Bertz CT molecular complexity index is 433. The van der Waals surface area contributed by atoms with Crippen LogP contribution in [0.1, 0.15) is 18.4 Å². The average molecular weight is 265 g/mol. The lowest BCUT2D eigenvalue weighted by molar-refractivity contribution is -0.140. The molecule has 1 aromatic carbocycles. The quantitative estimate of drug-likeness (QED) is 0.598. The van der Waals surface area contributed by atoms with Gasteiger partial charge in [-0.3, -0.25) is 4.79 Å². The van der Waals surface area contributed by atoms with Gasteiger partial charge in [0, 0.05) is 6.42 Å². The van der Waals surface area contributed by atoms with E-state index in [1.165, 1.54) is 12.7 Å². The maximum atomic E-state index is 10.9. The summed E-state index contributed by atoms with van der Waals surface area (Å²) in [6, 6.07) is 6.00. The zero-order valence-electron chi connectivity index (χ0n) is 11.1. The molecule has 0 unspecified atom stereocenters. The third-order valence-electron chi connectivity index (χ3n) is 2.99. The van der Waals surface area contributed by atoms with Crippen LogP contribution in [0.15, 0.2) is 18.2 Å². The molecule has 0 aliphatic carbocycles. The van der Waals surface area contributed by atoms with Crippen LogP contribution in [-0.2, 0) is 16.0 Å². The van der Waals surface area contributed by atoms with Gasteiger partial charge in [0.1, 0.15) is 0 Å². The monoisotopic (exact) mass is 265 g/mol. The molecule has 1 aromatic rings. The molecular formula is C14H19NO4. The van der Waals surface area contributed by atoms with Gasteiger partial charge in [0.2, 0.25) is 6.79 Å². The van der Waals surface area contributed by atoms with Crippen LogP contribution < -0.4 is 14.8 Å². The number of fused-ring (bicyclic) bond motifs is 1. The van der Waals surface area contributed by atoms with Crippen LogP contribution in [0, 0.1) is 0 Å². The number of ether oxygens (including phenoxy) is 3. The number of hydrogen-bond acceptors (Lipinski definition) is 5. The first kappa shape index (κ1) is 13.7. The molecule has 0 fully saturated rings. The van der Waals surface area contributed by atoms with Crippen molar-refractivity contribution in [3.63, 3.8) is 0 Å². The van der Waals surface area contributed by atoms with Gasteiger partial charge in [0.25, 0.3) is 0 Å². The van der Waals surface area contributed by atoms with Gasteiger partial charge in [-0.2, -0.15) is 0 Å². The normalized spacial score (nSPS) is 12.5. The van der Waals surface area contributed by atoms with Gasteiger partial charge in [-0.1, -0.05) is 6.07 Å². The van der Waals surface area contributed by atoms with Crippen molar-refractivity contribution in [3.8, 4) is 11.5 Å². The average Bonchev–Trinajstić information content (AvgIpc) is 2.89. The second kappa shape index (κ2) is 6.99. The van der Waals surface area contributed by atoms with Crippen molar-refractivity contribution in [2.75, 3.05) is 27.0 Å². The van der Waals surface area contributed by atoms with Crippen LogP contribution in [0.2, 0.25) is 0 Å². The summed E-state index contributed by atoms with van der Waals surface area (Å²) >= 11 is 0. The fourth-order valence-corrected chi connectivity index (χ4v) is 1.91. The molecular weight excluding hydrogens is 246 g/mol. The third-order valence-corrected chi connectivity index (χ3v) is 2.99. The first-order valence-electron chi connectivity index (χ1n) is 6.45. The lowest BCUT2D eigenvalue weighted by Gasteiger charge is -2.05. The predicted octanol–water partition coefficient (Wildman–Crippen LogP) is 1.50. The Labute approximate surface area is 112 Å². The second-order valence-corrected chi connectivity index (χ2v) is 4.37. The Balaban J connectivity index is 1.62. The number of nitrogens with one attached hydrogen (secondary N) is 1. The Kier molecular flexibility index (Phi) is 5.03. The topological polar surface area (TPSA) is 56.8 Å². The Hall–Kier alpha value is -1.75. The largest absolute Gasteiger partial charge is 0.469 e. The molecule has 0 saturated carbocycles. The van der Waals surface area contributed by atoms with Gasteiger partial charge in [-0.15, -0.1) is 0 Å². The molecule has 1 aliphatic heterocycles. The smallest absolute Gasteiger partial charge is 0.305 e. The first-order valence-corrected chi connectivity index (χ1v) is 6.45. The number of hydrogen-bond donors (Lipinski definition) is 1. The Morgan fingerprint density at radius 1 is 1.32 bits per heavy atom. The molecule has 0 bridgehead atoms. The van der Waals surface area contributed by atoms with Gasteiger partial charge >= 0.3 is 5.97 Å². The molecule has 5 nitrogen and oxygen atoms in total. The third kappa shape index (κ3) is 4.13. The summed E-state index contributed by atoms with van der Waals surface area (Å²) in [5, 5.41) is 3.30. The fraction of sp³-hybridized carbons (Fsp3) is 0.500. The lowest BCUT2D eigenvalue weighted by atomic mass is 10.1. The molecule has 5 heteroatoms. The minimum Gasteiger partial charge on any atom is -0.469 e. The number of carbonyl (C=O) groups is 1. The van der Waals surface area contributed by atoms with E-state index in [2.05, 4.69) is 10.1 Å². The first-order chi connectivity index (χ1) is 9.29. The van der Waals surface area contributed by atoms with E-state index < -0.39 is 0 Å². The molecule has 1 aliphatic rings. The summed E-state index contributed by atoms with van der Waals surface area (Å²) in [7, 11) is 1.41. The van der Waals surface area contributed by atoms with E-state index >= 15 is 0 Å². The molecule has 19 heavy (non-hydrogen) atoms. The van der Waals surface area contributed by atoms with Gasteiger partial charge in [-0.05, 0) is 43.6 Å². The standard InChI is InChI=1S/C14H19NO4/c1-17-14(16)3-2-7-15-8-6-11-4-5-12-13(9-11)19-10-18-12/h4-5,9,15H,2-3,6-8,10H2,1H3. The molecule has 1 N–H and O–H groups in total. The summed E-state index contributed by atoms with van der Waals surface area (Å²) in [6.45, 7) is 2.00. The van der Waals surface area contributed by atoms with Gasteiger partial charge in [0.15, 0.2) is 11.5 Å². The molecule has 0 saturated heterocycles. The van der Waals surface area contributed by atoms with E-state index in [9.17, 15) is 4.79 Å². The van der Waals surface area contributed by atoms with E-state index in [-0.39, 0.29) is 5.97 Å². The van der Waals surface area contributed by atoms with Crippen molar-refractivity contribution in [2.24, 2.45) is 0 Å². The Morgan fingerprint density at radius 3 is 3.00 bits per heavy atom. The number of esters is 1. The summed E-state index contributed by atoms with van der Waals surface area (Å²) in [6.07, 6.45) is 2.19. The van der Waals surface area contributed by atoms with Gasteiger partial charge in [-0.25, -0.2) is 0 Å². The van der Waals surface area contributed by atoms with Crippen LogP contribution in [0.5, 0.6) is 11.5 Å². The maximum Gasteiger partial charge on any atom is 0.305 e. The molecule has 2 rings (SSSR count). The molecule has 1 heterocycles. The number of benzene rings is 1. The molecule has 0 amide bonds. The highest BCUT2D eigenvalue weighted by Crippen LogP contribution is 2.32. The number of methoxy groups -OCH3 is 1. The van der Waals surface area contributed by atoms with E-state index in [0.717, 1.165) is 37.4 Å². The maximum absolute atomic E-state index is 10.9. The second-order valence-electron chi connectivity index (χ2n) is 4.37. The molecule has 0 radical (unpaired) electrons. The minimum atomic E-state index is -0.155. The van der Waals surface area contributed by atoms with Crippen LogP contribution in [0.25, 0.3) is 0 Å². The van der Waals surface area contributed by atoms with Crippen molar-refractivity contribution in [1.82, 2.24) is 5.32 Å². The van der Waals surface area contributed by atoms with E-state index in [0.29, 0.717) is 13.2 Å². The zero-order valence-corrected chi connectivity index (χ0v) is 11.1. The van der Waals surface area contributed by atoms with Crippen LogP contribution in [0.3, 0.4) is 0 Å². The van der Waals surface area contributed by atoms with Crippen molar-refractivity contribution < 1.29 is 19.0 Å². The molecule has 0 aromatic heterocycles. The SMILES string of the molecule is COC(=O)CCCNCCc1ccc2c(c1)OCO2. The summed E-state index contributed by atoms with van der Waals surface area (Å²) in [5.74, 6) is 1.48. The zero-order chi connectivity index (χ0) is 13.5. The predicted molar refractivity (Wildman–Crippen MR) is 70.4 cm³/mol. The number of carbonyl (C=O) groups excluding carboxylic acids is 1. The van der Waals surface area contributed by atoms with Crippen LogP contribution >= 0.6 is 0 Å². The highest BCUT2D eigenvalue weighted by Gasteiger charge is 2.12. The van der Waals surface area contributed by atoms with Gasteiger partial charge in [0.05, 0.1) is 7.11 Å². The summed E-state index contributed by atoms with van der Waals surface area (Å²) in [4.78, 5) is 10.9. The van der Waals surface area contributed by atoms with Crippen molar-refractivity contribution in [1.29, 1.82) is 0 Å². The summed E-state index contributed by atoms with van der Waals surface area (Å²) < 4.78 is 15.2. The molecule has 104 valence electrons. The highest BCUT2D eigenvalue weighted by atomic mass is 16.7. The van der Waals surface area contributed by atoms with Crippen LogP contribution in [-0.4, -0.2) is 33.0 Å². The lowest BCUT2D eigenvalue weighted by Crippen LogP contribution is -2.19. The van der Waals surface area contributed by atoms with E-state index in [1.807, 2.05) is 18.2 Å². The Morgan fingerprint density at radius 2 is 2.16 bits per heavy atom. The van der Waals surface area contributed by atoms with Crippen molar-refractivity contribution in [2.45, 2.75) is 19.3 Å². The van der Waals surface area contributed by atoms with E-state index in [4.69, 9.17) is 9.47 Å². The van der Waals surface area contributed by atoms with Gasteiger partial charge < -0.3 is 19.5 Å². The number of rotatable bonds is 7. The van der Waals surface area contributed by atoms with E-state index in [1.54, 1.807) is 0 Å². The fourth-order valence-electron chi connectivity index (χ4n) is 1.91. The van der Waals surface area contributed by atoms with Crippen LogP contribution in [0.4, 0.5) is 0 Å². The molecule has 0 spiro atoms. The minimum absolute atomic E-state index is 0.155.